The number of rotatable bonds is 8. The van der Waals surface area contributed by atoms with Gasteiger partial charge in [0.15, 0.2) is 0 Å². The summed E-state index contributed by atoms with van der Waals surface area (Å²) in [6, 6.07) is 15.3. The first kappa shape index (κ1) is 22.1. The van der Waals surface area contributed by atoms with Crippen molar-refractivity contribution in [1.82, 2.24) is 5.32 Å². The fourth-order valence-electron chi connectivity index (χ4n) is 4.29. The highest BCUT2D eigenvalue weighted by Gasteiger charge is 2.21. The Hall–Kier alpha value is -2.57. The van der Waals surface area contributed by atoms with Crippen molar-refractivity contribution in [3.8, 4) is 5.75 Å². The molecule has 6 nitrogen and oxygen atoms in total. The van der Waals surface area contributed by atoms with Crippen molar-refractivity contribution >= 4 is 11.6 Å². The lowest BCUT2D eigenvalue weighted by Crippen LogP contribution is -2.32. The largest absolute Gasteiger partial charge is 0.507 e. The van der Waals surface area contributed by atoms with E-state index < -0.39 is 12.0 Å². The van der Waals surface area contributed by atoms with Crippen LogP contribution in [0.3, 0.4) is 0 Å². The molecule has 6 heteroatoms. The van der Waals surface area contributed by atoms with Crippen LogP contribution in [-0.4, -0.2) is 42.3 Å². The van der Waals surface area contributed by atoms with Gasteiger partial charge in [-0.1, -0.05) is 30.7 Å². The third kappa shape index (κ3) is 5.97. The number of hydrogen-bond donors (Lipinski definition) is 4. The predicted molar refractivity (Wildman–Crippen MR) is 120 cm³/mol. The third-order valence-corrected chi connectivity index (χ3v) is 6.09. The molecule has 1 fully saturated rings. The number of benzene rings is 2. The first-order valence-corrected chi connectivity index (χ1v) is 10.7. The summed E-state index contributed by atoms with van der Waals surface area (Å²) in [6.07, 6.45) is 4.98. The van der Waals surface area contributed by atoms with Gasteiger partial charge in [-0.2, -0.15) is 0 Å². The van der Waals surface area contributed by atoms with Crippen molar-refractivity contribution in [3.05, 3.63) is 59.7 Å². The molecule has 0 aliphatic heterocycles. The van der Waals surface area contributed by atoms with Crippen molar-refractivity contribution < 1.29 is 15.0 Å². The third-order valence-electron chi connectivity index (χ3n) is 6.09. The fourth-order valence-corrected chi connectivity index (χ4v) is 4.29. The van der Waals surface area contributed by atoms with Crippen LogP contribution in [0.5, 0.6) is 5.75 Å². The number of phenols is 1. The van der Waals surface area contributed by atoms with Gasteiger partial charge in [-0.3, -0.25) is 4.79 Å². The molecule has 0 heterocycles. The van der Waals surface area contributed by atoms with E-state index in [-0.39, 0.29) is 11.3 Å². The summed E-state index contributed by atoms with van der Waals surface area (Å²) in [5, 5.41) is 23.7. The van der Waals surface area contributed by atoms with E-state index in [9.17, 15) is 15.0 Å². The number of aromatic hydroxyl groups is 1. The lowest BCUT2D eigenvalue weighted by Gasteiger charge is -2.25. The van der Waals surface area contributed by atoms with Crippen molar-refractivity contribution in [3.63, 3.8) is 0 Å². The SMILES string of the molecule is CN(C[C@H]1CCC[C@H](NCC(O)c2ccc(O)c(C(N)=O)c2)CC1)c1ccccc1. The number of anilines is 1. The van der Waals surface area contributed by atoms with Gasteiger partial charge in [0, 0.05) is 31.9 Å². The number of aliphatic hydroxyl groups excluding tert-OH is 1. The van der Waals surface area contributed by atoms with Crippen LogP contribution in [0.15, 0.2) is 48.5 Å². The van der Waals surface area contributed by atoms with Gasteiger partial charge in [-0.05, 0) is 61.4 Å². The van der Waals surface area contributed by atoms with Crippen LogP contribution in [0.1, 0.15) is 54.1 Å². The Balaban J connectivity index is 1.48. The van der Waals surface area contributed by atoms with E-state index in [2.05, 4.69) is 41.5 Å². The van der Waals surface area contributed by atoms with E-state index >= 15 is 0 Å². The Kier molecular flexibility index (Phi) is 7.71. The maximum absolute atomic E-state index is 11.4. The second kappa shape index (κ2) is 10.5. The Morgan fingerprint density at radius 3 is 2.67 bits per heavy atom. The normalized spacial score (nSPS) is 20.3. The van der Waals surface area contributed by atoms with E-state index in [1.807, 2.05) is 6.07 Å². The summed E-state index contributed by atoms with van der Waals surface area (Å²) in [5.41, 5.74) is 7.14. The van der Waals surface area contributed by atoms with Crippen LogP contribution in [0.2, 0.25) is 0 Å². The lowest BCUT2D eigenvalue weighted by atomic mass is 9.99. The predicted octanol–water partition coefficient (Wildman–Crippen LogP) is 3.20. The van der Waals surface area contributed by atoms with Crippen molar-refractivity contribution in [2.24, 2.45) is 11.7 Å². The molecule has 0 radical (unpaired) electrons. The molecule has 0 bridgehead atoms. The minimum absolute atomic E-state index is 0.0337. The number of carbonyl (C=O) groups is 1. The highest BCUT2D eigenvalue weighted by Crippen LogP contribution is 2.26. The van der Waals surface area contributed by atoms with E-state index in [1.54, 1.807) is 6.07 Å². The Morgan fingerprint density at radius 1 is 1.17 bits per heavy atom. The monoisotopic (exact) mass is 411 g/mol. The number of nitrogens with two attached hydrogens (primary N) is 1. The first-order chi connectivity index (χ1) is 14.4. The molecule has 5 N–H and O–H groups in total. The molecule has 1 amide bonds. The molecule has 0 saturated heterocycles. The number of para-hydroxylation sites is 1. The number of carbonyl (C=O) groups excluding carboxylic acids is 1. The number of hydrogen-bond acceptors (Lipinski definition) is 5. The summed E-state index contributed by atoms with van der Waals surface area (Å²) in [4.78, 5) is 13.7. The molecule has 0 spiro atoms. The van der Waals surface area contributed by atoms with E-state index in [0.717, 1.165) is 25.8 Å². The highest BCUT2D eigenvalue weighted by molar-refractivity contribution is 5.95. The van der Waals surface area contributed by atoms with E-state index in [1.165, 1.54) is 30.7 Å². The summed E-state index contributed by atoms with van der Waals surface area (Å²) in [6.45, 7) is 1.46. The zero-order valence-electron chi connectivity index (χ0n) is 17.6. The van der Waals surface area contributed by atoms with Crippen molar-refractivity contribution in [2.45, 2.75) is 44.2 Å². The molecule has 3 atom stereocenters. The van der Waals surface area contributed by atoms with Gasteiger partial charge < -0.3 is 26.2 Å². The summed E-state index contributed by atoms with van der Waals surface area (Å²) >= 11 is 0. The Labute approximate surface area is 178 Å². The average Bonchev–Trinajstić information content (AvgIpc) is 2.97. The zero-order valence-corrected chi connectivity index (χ0v) is 17.6. The molecule has 2 aromatic rings. The molecule has 1 aliphatic rings. The van der Waals surface area contributed by atoms with Gasteiger partial charge in [0.25, 0.3) is 5.91 Å². The van der Waals surface area contributed by atoms with Gasteiger partial charge in [-0.25, -0.2) is 0 Å². The molecule has 1 saturated carbocycles. The van der Waals surface area contributed by atoms with Crippen LogP contribution in [0.25, 0.3) is 0 Å². The summed E-state index contributed by atoms with van der Waals surface area (Å²) < 4.78 is 0. The van der Waals surface area contributed by atoms with E-state index in [4.69, 9.17) is 5.73 Å². The maximum Gasteiger partial charge on any atom is 0.252 e. The van der Waals surface area contributed by atoms with Gasteiger partial charge in [0.2, 0.25) is 0 Å². The van der Waals surface area contributed by atoms with Crippen LogP contribution in [0, 0.1) is 5.92 Å². The summed E-state index contributed by atoms with van der Waals surface area (Å²) in [5.74, 6) is -0.200. The van der Waals surface area contributed by atoms with Crippen molar-refractivity contribution in [1.29, 1.82) is 0 Å². The quantitative estimate of drug-likeness (QED) is 0.500. The number of aliphatic hydroxyl groups is 1. The van der Waals surface area contributed by atoms with Crippen LogP contribution < -0.4 is 16.0 Å². The molecule has 2 aromatic carbocycles. The smallest absolute Gasteiger partial charge is 0.252 e. The lowest BCUT2D eigenvalue weighted by molar-refractivity contribution is 0.0997. The molecule has 0 aromatic heterocycles. The molecule has 1 unspecified atom stereocenters. The van der Waals surface area contributed by atoms with Gasteiger partial charge in [0.1, 0.15) is 5.75 Å². The first-order valence-electron chi connectivity index (χ1n) is 10.7. The maximum atomic E-state index is 11.4. The highest BCUT2D eigenvalue weighted by atomic mass is 16.3. The van der Waals surface area contributed by atoms with Gasteiger partial charge in [-0.15, -0.1) is 0 Å². The zero-order chi connectivity index (χ0) is 21.5. The topological polar surface area (TPSA) is 98.8 Å². The number of amides is 1. The molecule has 3 rings (SSSR count). The van der Waals surface area contributed by atoms with Crippen LogP contribution >= 0.6 is 0 Å². The number of nitrogens with zero attached hydrogens (tertiary/aromatic N) is 1. The average molecular weight is 412 g/mol. The number of nitrogens with one attached hydrogen (secondary N) is 1. The minimum atomic E-state index is -0.757. The summed E-state index contributed by atoms with van der Waals surface area (Å²) in [7, 11) is 2.16. The second-order valence-corrected chi connectivity index (χ2v) is 8.35. The standard InChI is InChI=1S/C24H33N3O3/c1-27(20-8-3-2-4-9-20)16-17-6-5-7-19(12-10-17)26-15-23(29)18-11-13-22(28)21(14-18)24(25)30/h2-4,8-9,11,13-14,17,19,23,26,28-29H,5-7,10,12,15-16H2,1H3,(H2,25,30)/t17-,19-,23?/m0/s1. The Bertz CT molecular complexity index is 828. The van der Waals surface area contributed by atoms with Crippen molar-refractivity contribution in [2.75, 3.05) is 25.0 Å². The molecule has 162 valence electrons. The molecule has 30 heavy (non-hydrogen) atoms. The van der Waals surface area contributed by atoms with E-state index in [0.29, 0.717) is 24.1 Å². The molecular weight excluding hydrogens is 378 g/mol. The van der Waals surface area contributed by atoms with Crippen LogP contribution in [-0.2, 0) is 0 Å². The van der Waals surface area contributed by atoms with Gasteiger partial charge >= 0.3 is 0 Å². The second-order valence-electron chi connectivity index (χ2n) is 8.35. The molecule has 1 aliphatic carbocycles. The minimum Gasteiger partial charge on any atom is -0.507 e. The molecular formula is C24H33N3O3. The number of primary amides is 1. The Morgan fingerprint density at radius 2 is 1.93 bits per heavy atom. The van der Waals surface area contributed by atoms with Crippen LogP contribution in [0.4, 0.5) is 5.69 Å². The van der Waals surface area contributed by atoms with Gasteiger partial charge in [0.05, 0.1) is 11.7 Å². The fraction of sp³-hybridized carbons (Fsp3) is 0.458.